The molecule has 1 rings (SSSR count). The van der Waals surface area contributed by atoms with Crippen molar-refractivity contribution in [2.24, 2.45) is 5.92 Å². The number of hydrogen-bond donors (Lipinski definition) is 1. The molecule has 1 N–H and O–H groups in total. The molecule has 1 fully saturated rings. The summed E-state index contributed by atoms with van der Waals surface area (Å²) in [5.41, 5.74) is 0. The molecule has 1 aliphatic rings. The Bertz CT molecular complexity index is 203. The average Bonchev–Trinajstić information content (AvgIpc) is 2.17. The SMILES string of the molecule is C=CC[C@H](O)C#CC1CCCCC1. The summed E-state index contributed by atoms with van der Waals surface area (Å²) >= 11 is 0. The van der Waals surface area contributed by atoms with Crippen molar-refractivity contribution in [2.75, 3.05) is 0 Å². The van der Waals surface area contributed by atoms with Crippen molar-refractivity contribution in [2.45, 2.75) is 44.6 Å². The van der Waals surface area contributed by atoms with E-state index in [0.717, 1.165) is 0 Å². The highest BCUT2D eigenvalue weighted by Gasteiger charge is 2.10. The fraction of sp³-hybridized carbons (Fsp3) is 0.667. The molecular formula is C12H18O. The minimum Gasteiger partial charge on any atom is -0.380 e. The zero-order chi connectivity index (χ0) is 9.52. The Balaban J connectivity index is 2.31. The molecule has 0 aliphatic heterocycles. The van der Waals surface area contributed by atoms with Gasteiger partial charge in [0.05, 0.1) is 0 Å². The predicted molar refractivity (Wildman–Crippen MR) is 55.2 cm³/mol. The lowest BCUT2D eigenvalue weighted by Crippen LogP contribution is -2.06. The fourth-order valence-corrected chi connectivity index (χ4v) is 1.68. The third-order valence-corrected chi connectivity index (χ3v) is 2.45. The second kappa shape index (κ2) is 5.83. The molecule has 0 unspecified atom stereocenters. The molecule has 0 bridgehead atoms. The van der Waals surface area contributed by atoms with Crippen LogP contribution in [0.1, 0.15) is 38.5 Å². The van der Waals surface area contributed by atoms with Gasteiger partial charge in [-0.15, -0.1) is 6.58 Å². The Labute approximate surface area is 80.9 Å². The second-order valence-electron chi connectivity index (χ2n) is 3.66. The van der Waals surface area contributed by atoms with Gasteiger partial charge in [0.15, 0.2) is 0 Å². The third-order valence-electron chi connectivity index (χ3n) is 2.45. The monoisotopic (exact) mass is 178 g/mol. The van der Waals surface area contributed by atoms with E-state index in [4.69, 9.17) is 0 Å². The molecule has 0 aromatic heterocycles. The van der Waals surface area contributed by atoms with E-state index in [1.54, 1.807) is 6.08 Å². The quantitative estimate of drug-likeness (QED) is 0.509. The summed E-state index contributed by atoms with van der Waals surface area (Å²) in [6.07, 6.45) is 8.18. The minimum absolute atomic E-state index is 0.501. The Morgan fingerprint density at radius 3 is 2.69 bits per heavy atom. The summed E-state index contributed by atoms with van der Waals surface area (Å²) in [6, 6.07) is 0. The van der Waals surface area contributed by atoms with Crippen molar-refractivity contribution < 1.29 is 5.11 Å². The van der Waals surface area contributed by atoms with E-state index in [9.17, 15) is 5.11 Å². The smallest absolute Gasteiger partial charge is 0.118 e. The van der Waals surface area contributed by atoms with Crippen LogP contribution in [0.3, 0.4) is 0 Å². The van der Waals surface area contributed by atoms with E-state index in [0.29, 0.717) is 12.3 Å². The first-order valence-corrected chi connectivity index (χ1v) is 5.13. The van der Waals surface area contributed by atoms with Crippen LogP contribution in [0.2, 0.25) is 0 Å². The largest absolute Gasteiger partial charge is 0.380 e. The van der Waals surface area contributed by atoms with E-state index in [-0.39, 0.29) is 0 Å². The van der Waals surface area contributed by atoms with Crippen LogP contribution in [0.15, 0.2) is 12.7 Å². The number of rotatable bonds is 2. The van der Waals surface area contributed by atoms with Crippen LogP contribution in [0.5, 0.6) is 0 Å². The summed E-state index contributed by atoms with van der Waals surface area (Å²) in [7, 11) is 0. The van der Waals surface area contributed by atoms with Crippen LogP contribution in [-0.4, -0.2) is 11.2 Å². The van der Waals surface area contributed by atoms with Crippen molar-refractivity contribution in [1.29, 1.82) is 0 Å². The highest BCUT2D eigenvalue weighted by atomic mass is 16.3. The van der Waals surface area contributed by atoms with Crippen molar-refractivity contribution in [1.82, 2.24) is 0 Å². The lowest BCUT2D eigenvalue weighted by molar-refractivity contribution is 0.236. The van der Waals surface area contributed by atoms with Gasteiger partial charge < -0.3 is 5.11 Å². The van der Waals surface area contributed by atoms with Crippen LogP contribution >= 0.6 is 0 Å². The first-order valence-electron chi connectivity index (χ1n) is 5.13. The van der Waals surface area contributed by atoms with Crippen LogP contribution in [0.25, 0.3) is 0 Å². The lowest BCUT2D eigenvalue weighted by Gasteiger charge is -2.15. The minimum atomic E-state index is -0.501. The molecule has 0 heterocycles. The summed E-state index contributed by atoms with van der Waals surface area (Å²) < 4.78 is 0. The highest BCUT2D eigenvalue weighted by Crippen LogP contribution is 2.22. The maximum Gasteiger partial charge on any atom is 0.118 e. The first-order chi connectivity index (χ1) is 6.33. The molecule has 0 amide bonds. The van der Waals surface area contributed by atoms with Gasteiger partial charge in [0.2, 0.25) is 0 Å². The topological polar surface area (TPSA) is 20.2 Å². The molecule has 72 valence electrons. The van der Waals surface area contributed by atoms with Gasteiger partial charge in [-0.3, -0.25) is 0 Å². The van der Waals surface area contributed by atoms with Crippen LogP contribution in [-0.2, 0) is 0 Å². The molecule has 0 saturated heterocycles. The second-order valence-corrected chi connectivity index (χ2v) is 3.66. The van der Waals surface area contributed by atoms with Gasteiger partial charge >= 0.3 is 0 Å². The van der Waals surface area contributed by atoms with E-state index in [1.165, 1.54) is 32.1 Å². The Kier molecular flexibility index (Phi) is 4.64. The van der Waals surface area contributed by atoms with E-state index < -0.39 is 6.10 Å². The summed E-state index contributed by atoms with van der Waals surface area (Å²) in [6.45, 7) is 3.57. The number of aliphatic hydroxyl groups is 1. The van der Waals surface area contributed by atoms with E-state index >= 15 is 0 Å². The van der Waals surface area contributed by atoms with Crippen LogP contribution in [0, 0.1) is 17.8 Å². The standard InChI is InChI=1S/C12H18O/c1-2-6-12(13)10-9-11-7-4-3-5-8-11/h2,11-13H,1,3-8H2/t12-/m0/s1. The van der Waals surface area contributed by atoms with Crippen molar-refractivity contribution in [3.63, 3.8) is 0 Å². The van der Waals surface area contributed by atoms with Gasteiger partial charge in [0.1, 0.15) is 6.10 Å². The maximum atomic E-state index is 9.33. The van der Waals surface area contributed by atoms with Gasteiger partial charge in [0, 0.05) is 12.3 Å². The fourth-order valence-electron chi connectivity index (χ4n) is 1.68. The summed E-state index contributed by atoms with van der Waals surface area (Å²) in [5.74, 6) is 6.58. The summed E-state index contributed by atoms with van der Waals surface area (Å²) in [4.78, 5) is 0. The Hall–Kier alpha value is -0.740. The lowest BCUT2D eigenvalue weighted by atomic mass is 9.90. The van der Waals surface area contributed by atoms with Gasteiger partial charge in [-0.05, 0) is 12.8 Å². The molecule has 1 saturated carbocycles. The molecule has 1 atom stereocenters. The van der Waals surface area contributed by atoms with E-state index in [1.807, 2.05) is 0 Å². The van der Waals surface area contributed by atoms with Crippen molar-refractivity contribution >= 4 is 0 Å². The highest BCUT2D eigenvalue weighted by molar-refractivity contribution is 5.09. The summed E-state index contributed by atoms with van der Waals surface area (Å²) in [5, 5.41) is 9.33. The van der Waals surface area contributed by atoms with Gasteiger partial charge in [-0.1, -0.05) is 37.2 Å². The normalized spacial score (nSPS) is 20.1. The third kappa shape index (κ3) is 4.15. The van der Waals surface area contributed by atoms with E-state index in [2.05, 4.69) is 18.4 Å². The average molecular weight is 178 g/mol. The Morgan fingerprint density at radius 1 is 1.38 bits per heavy atom. The molecule has 0 radical (unpaired) electrons. The molecule has 0 spiro atoms. The first kappa shape index (κ1) is 10.3. The number of hydrogen-bond acceptors (Lipinski definition) is 1. The maximum absolute atomic E-state index is 9.33. The van der Waals surface area contributed by atoms with Gasteiger partial charge in [-0.2, -0.15) is 0 Å². The predicted octanol–water partition coefficient (Wildman–Crippen LogP) is 2.51. The Morgan fingerprint density at radius 2 is 2.08 bits per heavy atom. The van der Waals surface area contributed by atoms with Crippen molar-refractivity contribution in [3.8, 4) is 11.8 Å². The van der Waals surface area contributed by atoms with Crippen molar-refractivity contribution in [3.05, 3.63) is 12.7 Å². The van der Waals surface area contributed by atoms with Crippen LogP contribution in [0.4, 0.5) is 0 Å². The number of aliphatic hydroxyl groups excluding tert-OH is 1. The molecule has 0 aromatic rings. The molecule has 1 aliphatic carbocycles. The molecule has 0 aromatic carbocycles. The van der Waals surface area contributed by atoms with Crippen LogP contribution < -0.4 is 0 Å². The molecule has 13 heavy (non-hydrogen) atoms. The molecule has 1 nitrogen and oxygen atoms in total. The van der Waals surface area contributed by atoms with Gasteiger partial charge in [0.25, 0.3) is 0 Å². The zero-order valence-electron chi connectivity index (χ0n) is 8.13. The van der Waals surface area contributed by atoms with Gasteiger partial charge in [-0.25, -0.2) is 0 Å². The zero-order valence-corrected chi connectivity index (χ0v) is 8.13. The molecule has 1 heteroatoms. The molecular weight excluding hydrogens is 160 g/mol.